The van der Waals surface area contributed by atoms with Gasteiger partial charge in [-0.2, -0.15) is 0 Å². The van der Waals surface area contributed by atoms with Crippen molar-refractivity contribution in [2.45, 2.75) is 56.3 Å². The van der Waals surface area contributed by atoms with Crippen LogP contribution >= 0.6 is 23.1 Å². The molecule has 4 aliphatic rings. The first-order chi connectivity index (χ1) is 13.9. The summed E-state index contributed by atoms with van der Waals surface area (Å²) in [5.74, 6) is 2.57. The summed E-state index contributed by atoms with van der Waals surface area (Å²) < 4.78 is 0.752. The van der Waals surface area contributed by atoms with Crippen LogP contribution in [-0.4, -0.2) is 58.3 Å². The number of aromatic carboxylic acids is 1. The molecule has 1 saturated heterocycles. The highest BCUT2D eigenvalue weighted by Gasteiger charge is 2.53. The molecule has 2 bridgehead atoms. The summed E-state index contributed by atoms with van der Waals surface area (Å²) in [4.78, 5) is 29.4. The molecule has 8 heteroatoms. The molecular weight excluding hydrogens is 406 g/mol. The summed E-state index contributed by atoms with van der Waals surface area (Å²) >= 11 is 2.88. The first kappa shape index (κ1) is 21.1. The first-order valence-corrected chi connectivity index (χ1v) is 12.5. The molecule has 6 nitrogen and oxygen atoms in total. The predicted molar refractivity (Wildman–Crippen MR) is 116 cm³/mol. The zero-order valence-corrected chi connectivity index (χ0v) is 18.9. The maximum Gasteiger partial charge on any atom is 0.355 e. The topological polar surface area (TPSA) is 82.5 Å². The number of nitrogens with one attached hydrogen (secondary N) is 1. The number of aromatic nitrogens is 1. The molecule has 2 N–H and O–H groups in total. The van der Waals surface area contributed by atoms with Crippen molar-refractivity contribution in [3.05, 3.63) is 11.1 Å². The van der Waals surface area contributed by atoms with Crippen molar-refractivity contribution in [3.8, 4) is 0 Å². The molecule has 3 saturated carbocycles. The third-order valence-corrected chi connectivity index (χ3v) is 9.50. The van der Waals surface area contributed by atoms with Gasteiger partial charge in [-0.25, -0.2) is 9.78 Å². The van der Waals surface area contributed by atoms with E-state index in [9.17, 15) is 9.59 Å². The van der Waals surface area contributed by atoms with Crippen molar-refractivity contribution in [1.82, 2.24) is 15.2 Å². The fourth-order valence-corrected chi connectivity index (χ4v) is 7.42. The maximum atomic E-state index is 12.3. The molecule has 0 radical (unpaired) electrons. The van der Waals surface area contributed by atoms with Gasteiger partial charge in [-0.05, 0) is 55.4 Å². The lowest BCUT2D eigenvalue weighted by Gasteiger charge is -2.60. The number of amides is 1. The Balaban J connectivity index is 1.21. The minimum atomic E-state index is -0.993. The van der Waals surface area contributed by atoms with E-state index in [1.54, 1.807) is 5.38 Å². The van der Waals surface area contributed by atoms with E-state index in [1.807, 2.05) is 4.90 Å². The number of hydrogen-bond acceptors (Lipinski definition) is 6. The minimum Gasteiger partial charge on any atom is -0.476 e. The van der Waals surface area contributed by atoms with E-state index in [4.69, 9.17) is 5.11 Å². The van der Waals surface area contributed by atoms with Gasteiger partial charge >= 0.3 is 5.97 Å². The van der Waals surface area contributed by atoms with Gasteiger partial charge in [-0.1, -0.05) is 25.6 Å². The van der Waals surface area contributed by atoms with Crippen LogP contribution in [0.25, 0.3) is 0 Å². The summed E-state index contributed by atoms with van der Waals surface area (Å²) in [6, 6.07) is 0.278. The normalized spacial score (nSPS) is 30.4. The van der Waals surface area contributed by atoms with Gasteiger partial charge in [0.15, 0.2) is 10.0 Å². The van der Waals surface area contributed by atoms with Crippen molar-refractivity contribution < 1.29 is 14.7 Å². The molecule has 1 aliphatic heterocycles. The second-order valence-electron chi connectivity index (χ2n) is 9.29. The van der Waals surface area contributed by atoms with Crippen LogP contribution in [0.5, 0.6) is 0 Å². The van der Waals surface area contributed by atoms with Crippen LogP contribution in [0.15, 0.2) is 9.72 Å². The van der Waals surface area contributed by atoms with Crippen LogP contribution in [0.3, 0.4) is 0 Å². The van der Waals surface area contributed by atoms with Gasteiger partial charge in [-0.3, -0.25) is 4.79 Å². The van der Waals surface area contributed by atoms with Crippen molar-refractivity contribution in [1.29, 1.82) is 0 Å². The van der Waals surface area contributed by atoms with Crippen molar-refractivity contribution in [2.24, 2.45) is 23.2 Å². The number of thioether (sulfide) groups is 1. The average molecular weight is 438 g/mol. The standard InChI is InChI=1S/C21H31N3O3S2/c1-21(2)14-4-3-13(16(21)9-14)10-22-11-15-5-6-18(25)24(15)7-8-28-20-23-17(12-29-20)19(26)27/h12-16,22H,3-11H2,1-2H3,(H,26,27)/t13-,14-,15+,16-/m0/s1. The lowest BCUT2D eigenvalue weighted by Crippen LogP contribution is -2.54. The number of likely N-dealkylation sites (tertiary alicyclic amines) is 1. The van der Waals surface area contributed by atoms with Crippen LogP contribution in [0.1, 0.15) is 56.4 Å². The molecule has 0 unspecified atom stereocenters. The molecule has 160 valence electrons. The zero-order chi connectivity index (χ0) is 20.6. The lowest BCUT2D eigenvalue weighted by atomic mass is 9.45. The van der Waals surface area contributed by atoms with E-state index in [-0.39, 0.29) is 17.6 Å². The largest absolute Gasteiger partial charge is 0.476 e. The Labute approximate surface area is 180 Å². The molecule has 1 aromatic heterocycles. The van der Waals surface area contributed by atoms with Gasteiger partial charge in [0.25, 0.3) is 0 Å². The number of carbonyl (C=O) groups is 2. The number of hydrogen-bond donors (Lipinski definition) is 2. The van der Waals surface area contributed by atoms with Crippen LogP contribution in [-0.2, 0) is 4.79 Å². The molecule has 3 aliphatic carbocycles. The Kier molecular flexibility index (Phi) is 6.23. The molecule has 1 amide bonds. The fourth-order valence-electron chi connectivity index (χ4n) is 5.61. The minimum absolute atomic E-state index is 0.0977. The SMILES string of the molecule is CC1(C)[C@H]2CC[C@@H](CNC[C@H]3CCC(=O)N3CCSc3nc(C(=O)O)cs3)[C@@H]1C2. The van der Waals surface area contributed by atoms with Crippen molar-refractivity contribution in [2.75, 3.05) is 25.4 Å². The van der Waals surface area contributed by atoms with Gasteiger partial charge in [0, 0.05) is 36.7 Å². The molecule has 2 heterocycles. The highest BCUT2D eigenvalue weighted by atomic mass is 32.2. The Morgan fingerprint density at radius 2 is 2.21 bits per heavy atom. The zero-order valence-electron chi connectivity index (χ0n) is 17.2. The second kappa shape index (κ2) is 8.55. The van der Waals surface area contributed by atoms with Crippen LogP contribution in [0.4, 0.5) is 0 Å². The monoisotopic (exact) mass is 437 g/mol. The summed E-state index contributed by atoms with van der Waals surface area (Å²) in [6.07, 6.45) is 5.70. The molecule has 0 aromatic carbocycles. The predicted octanol–water partition coefficient (Wildman–Crippen LogP) is 3.59. The van der Waals surface area contributed by atoms with Crippen LogP contribution < -0.4 is 5.32 Å². The summed E-state index contributed by atoms with van der Waals surface area (Å²) in [7, 11) is 0. The van der Waals surface area contributed by atoms with E-state index in [2.05, 4.69) is 24.1 Å². The Morgan fingerprint density at radius 3 is 2.90 bits per heavy atom. The number of carboxylic acid groups (broad SMARTS) is 1. The van der Waals surface area contributed by atoms with E-state index in [0.29, 0.717) is 18.4 Å². The molecule has 0 spiro atoms. The van der Waals surface area contributed by atoms with E-state index in [0.717, 1.165) is 47.4 Å². The molecule has 4 atom stereocenters. The highest BCUT2D eigenvalue weighted by Crippen LogP contribution is 2.61. The molecule has 5 rings (SSSR count). The number of carboxylic acids is 1. The lowest BCUT2D eigenvalue weighted by molar-refractivity contribution is -0.128. The van der Waals surface area contributed by atoms with Gasteiger partial charge in [0.2, 0.25) is 5.91 Å². The van der Waals surface area contributed by atoms with E-state index >= 15 is 0 Å². The van der Waals surface area contributed by atoms with Gasteiger partial charge in [-0.15, -0.1) is 11.3 Å². The highest BCUT2D eigenvalue weighted by molar-refractivity contribution is 8.01. The fraction of sp³-hybridized carbons (Fsp3) is 0.762. The number of nitrogens with zero attached hydrogens (tertiary/aromatic N) is 2. The van der Waals surface area contributed by atoms with Gasteiger partial charge in [0.05, 0.1) is 0 Å². The number of fused-ring (bicyclic) bond motifs is 2. The van der Waals surface area contributed by atoms with E-state index < -0.39 is 5.97 Å². The van der Waals surface area contributed by atoms with Crippen LogP contribution in [0, 0.1) is 23.2 Å². The van der Waals surface area contributed by atoms with E-state index in [1.165, 1.54) is 42.4 Å². The van der Waals surface area contributed by atoms with Crippen molar-refractivity contribution in [3.63, 3.8) is 0 Å². The third-order valence-electron chi connectivity index (χ3n) is 7.50. The summed E-state index contributed by atoms with van der Waals surface area (Å²) in [6.45, 7) is 7.53. The number of carbonyl (C=O) groups excluding carboxylic acids is 1. The maximum absolute atomic E-state index is 12.3. The second-order valence-corrected chi connectivity index (χ2v) is 11.5. The Hall–Kier alpha value is -1.12. The molecule has 4 fully saturated rings. The van der Waals surface area contributed by atoms with Crippen molar-refractivity contribution >= 4 is 35.0 Å². The van der Waals surface area contributed by atoms with Gasteiger partial charge in [0.1, 0.15) is 0 Å². The van der Waals surface area contributed by atoms with Crippen LogP contribution in [0.2, 0.25) is 0 Å². The third kappa shape index (κ3) is 4.35. The molecular formula is C21H31N3O3S2. The molecule has 1 aromatic rings. The first-order valence-electron chi connectivity index (χ1n) is 10.7. The summed E-state index contributed by atoms with van der Waals surface area (Å²) in [5.41, 5.74) is 0.619. The smallest absolute Gasteiger partial charge is 0.355 e. The van der Waals surface area contributed by atoms with Gasteiger partial charge < -0.3 is 15.3 Å². The summed E-state index contributed by atoms with van der Waals surface area (Å²) in [5, 5.41) is 14.2. The quantitative estimate of drug-likeness (QED) is 0.575. The number of thiazole rings is 1. The Morgan fingerprint density at radius 1 is 1.38 bits per heavy atom. The average Bonchev–Trinajstić information content (AvgIpc) is 3.30. The molecule has 29 heavy (non-hydrogen) atoms. The number of rotatable bonds is 9. The Bertz CT molecular complexity index is 764.